The van der Waals surface area contributed by atoms with Crippen molar-refractivity contribution in [3.63, 3.8) is 0 Å². The fraction of sp³-hybridized carbons (Fsp3) is 0.143. The molecule has 0 aliphatic carbocycles. The van der Waals surface area contributed by atoms with E-state index < -0.39 is 0 Å². The van der Waals surface area contributed by atoms with Gasteiger partial charge in [-0.15, -0.1) is 0 Å². The number of rotatable bonds is 3. The summed E-state index contributed by atoms with van der Waals surface area (Å²) in [5.41, 5.74) is 1.41. The van der Waals surface area contributed by atoms with Crippen molar-refractivity contribution in [3.8, 4) is 6.07 Å². The molecule has 0 saturated carbocycles. The van der Waals surface area contributed by atoms with E-state index in [9.17, 15) is 4.39 Å². The lowest BCUT2D eigenvalue weighted by molar-refractivity contribution is 0.627. The topological polar surface area (TPSA) is 39.9 Å². The Balaban J connectivity index is 2.20. The fourth-order valence-electron chi connectivity index (χ4n) is 1.69. The van der Waals surface area contributed by atoms with Crippen LogP contribution in [0.4, 0.5) is 10.2 Å². The van der Waals surface area contributed by atoms with Crippen LogP contribution in [-0.4, -0.2) is 12.0 Å². The third kappa shape index (κ3) is 3.43. The molecular formula is C14H11ClFN3. The predicted molar refractivity (Wildman–Crippen MR) is 72.5 cm³/mol. The summed E-state index contributed by atoms with van der Waals surface area (Å²) in [7, 11) is 1.84. The van der Waals surface area contributed by atoms with Crippen LogP contribution in [0, 0.1) is 17.1 Å². The largest absolute Gasteiger partial charge is 0.355 e. The van der Waals surface area contributed by atoms with E-state index >= 15 is 0 Å². The molecular weight excluding hydrogens is 265 g/mol. The van der Waals surface area contributed by atoms with Gasteiger partial charge in [-0.1, -0.05) is 23.7 Å². The van der Waals surface area contributed by atoms with Gasteiger partial charge in [-0.2, -0.15) is 5.26 Å². The number of hydrogen-bond acceptors (Lipinski definition) is 3. The van der Waals surface area contributed by atoms with Crippen molar-refractivity contribution in [3.05, 3.63) is 58.5 Å². The molecule has 0 radical (unpaired) electrons. The zero-order chi connectivity index (χ0) is 13.8. The van der Waals surface area contributed by atoms with Gasteiger partial charge in [0.2, 0.25) is 0 Å². The van der Waals surface area contributed by atoms with Crippen LogP contribution in [0.15, 0.2) is 36.4 Å². The summed E-state index contributed by atoms with van der Waals surface area (Å²) in [4.78, 5) is 6.01. The van der Waals surface area contributed by atoms with Crippen molar-refractivity contribution in [1.82, 2.24) is 4.98 Å². The Hall–Kier alpha value is -2.12. The summed E-state index contributed by atoms with van der Waals surface area (Å²) in [5.74, 6) is 0.340. The molecule has 96 valence electrons. The number of halogens is 2. The molecule has 0 atom stereocenters. The second-order valence-electron chi connectivity index (χ2n) is 4.13. The maximum Gasteiger partial charge on any atom is 0.132 e. The lowest BCUT2D eigenvalue weighted by Gasteiger charge is -2.18. The second-order valence-corrected chi connectivity index (χ2v) is 4.52. The van der Waals surface area contributed by atoms with Gasteiger partial charge in [-0.05, 0) is 29.8 Å². The number of benzene rings is 1. The molecule has 0 unspecified atom stereocenters. The molecule has 0 aliphatic rings. The third-order valence-electron chi connectivity index (χ3n) is 2.63. The molecule has 0 fully saturated rings. The minimum absolute atomic E-state index is 0.265. The van der Waals surface area contributed by atoms with Gasteiger partial charge in [0.25, 0.3) is 0 Å². The summed E-state index contributed by atoms with van der Waals surface area (Å²) in [5, 5.41) is 9.17. The number of hydrogen-bond donors (Lipinski definition) is 0. The van der Waals surface area contributed by atoms with Crippen molar-refractivity contribution in [2.24, 2.45) is 0 Å². The standard InChI is InChI=1S/C14H11ClFN3/c1-19(9-10-2-4-12(16)5-3-10)14-7-11(8-17)6-13(15)18-14/h2-7H,9H2,1H3. The molecule has 0 amide bonds. The Kier molecular flexibility index (Phi) is 3.98. The minimum atomic E-state index is -0.265. The lowest BCUT2D eigenvalue weighted by Crippen LogP contribution is -2.17. The molecule has 3 nitrogen and oxygen atoms in total. The van der Waals surface area contributed by atoms with Crippen molar-refractivity contribution in [1.29, 1.82) is 5.26 Å². The molecule has 2 rings (SSSR count). The number of pyridine rings is 1. The average Bonchev–Trinajstić information content (AvgIpc) is 2.40. The first-order chi connectivity index (χ1) is 9.08. The maximum atomic E-state index is 12.8. The number of nitriles is 1. The average molecular weight is 276 g/mol. The smallest absolute Gasteiger partial charge is 0.132 e. The Morgan fingerprint density at radius 1 is 1.32 bits per heavy atom. The van der Waals surface area contributed by atoms with Gasteiger partial charge < -0.3 is 4.90 Å². The van der Waals surface area contributed by atoms with E-state index in [2.05, 4.69) is 4.98 Å². The van der Waals surface area contributed by atoms with Crippen LogP contribution in [0.1, 0.15) is 11.1 Å². The molecule has 0 aliphatic heterocycles. The molecule has 0 bridgehead atoms. The normalized spacial score (nSPS) is 10.0. The zero-order valence-corrected chi connectivity index (χ0v) is 11.0. The highest BCUT2D eigenvalue weighted by atomic mass is 35.5. The minimum Gasteiger partial charge on any atom is -0.355 e. The van der Waals surface area contributed by atoms with E-state index in [4.69, 9.17) is 16.9 Å². The van der Waals surface area contributed by atoms with Gasteiger partial charge in [0.15, 0.2) is 0 Å². The molecule has 5 heteroatoms. The van der Waals surface area contributed by atoms with Gasteiger partial charge in [0.05, 0.1) is 11.6 Å². The quantitative estimate of drug-likeness (QED) is 0.806. The van der Waals surface area contributed by atoms with E-state index in [1.165, 1.54) is 18.2 Å². The van der Waals surface area contributed by atoms with Crippen LogP contribution in [-0.2, 0) is 6.54 Å². The Labute approximate surface area is 115 Å². The van der Waals surface area contributed by atoms with Crippen LogP contribution in [0.5, 0.6) is 0 Å². The molecule has 1 aromatic carbocycles. The predicted octanol–water partition coefficient (Wildman–Crippen LogP) is 3.38. The van der Waals surface area contributed by atoms with Crippen molar-refractivity contribution in [2.75, 3.05) is 11.9 Å². The Morgan fingerprint density at radius 3 is 2.63 bits per heavy atom. The highest BCUT2D eigenvalue weighted by Gasteiger charge is 2.07. The SMILES string of the molecule is CN(Cc1ccc(F)cc1)c1cc(C#N)cc(Cl)n1. The van der Waals surface area contributed by atoms with Crippen molar-refractivity contribution < 1.29 is 4.39 Å². The van der Waals surface area contributed by atoms with Crippen LogP contribution >= 0.6 is 11.6 Å². The Morgan fingerprint density at radius 2 is 2.00 bits per heavy atom. The van der Waals surface area contributed by atoms with Crippen molar-refractivity contribution in [2.45, 2.75) is 6.54 Å². The van der Waals surface area contributed by atoms with E-state index in [1.54, 1.807) is 18.2 Å². The first-order valence-electron chi connectivity index (χ1n) is 5.62. The van der Waals surface area contributed by atoms with Gasteiger partial charge in [-0.25, -0.2) is 9.37 Å². The molecule has 1 aromatic heterocycles. The van der Waals surface area contributed by atoms with Gasteiger partial charge >= 0.3 is 0 Å². The monoisotopic (exact) mass is 275 g/mol. The molecule has 1 heterocycles. The third-order valence-corrected chi connectivity index (χ3v) is 2.83. The Bertz CT molecular complexity index is 620. The first-order valence-corrected chi connectivity index (χ1v) is 5.99. The highest BCUT2D eigenvalue weighted by molar-refractivity contribution is 6.29. The summed E-state index contributed by atoms with van der Waals surface area (Å²) in [6.07, 6.45) is 0. The zero-order valence-electron chi connectivity index (χ0n) is 10.3. The second kappa shape index (κ2) is 5.68. The summed E-state index contributed by atoms with van der Waals surface area (Å²) >= 11 is 5.86. The van der Waals surface area contributed by atoms with Crippen LogP contribution in [0.2, 0.25) is 5.15 Å². The van der Waals surface area contributed by atoms with Crippen LogP contribution < -0.4 is 4.90 Å². The maximum absolute atomic E-state index is 12.8. The van der Waals surface area contributed by atoms with E-state index in [1.807, 2.05) is 18.0 Å². The van der Waals surface area contributed by atoms with Gasteiger partial charge in [-0.3, -0.25) is 0 Å². The molecule has 0 N–H and O–H groups in total. The molecule has 0 spiro atoms. The number of aromatic nitrogens is 1. The highest BCUT2D eigenvalue weighted by Crippen LogP contribution is 2.18. The van der Waals surface area contributed by atoms with E-state index in [0.29, 0.717) is 17.9 Å². The molecule has 0 saturated heterocycles. The van der Waals surface area contributed by atoms with Crippen LogP contribution in [0.25, 0.3) is 0 Å². The lowest BCUT2D eigenvalue weighted by atomic mass is 10.2. The first kappa shape index (κ1) is 13.3. The van der Waals surface area contributed by atoms with Crippen LogP contribution in [0.3, 0.4) is 0 Å². The summed E-state index contributed by atoms with van der Waals surface area (Å²) in [6.45, 7) is 0.554. The molecule has 19 heavy (non-hydrogen) atoms. The molecule has 2 aromatic rings. The number of anilines is 1. The summed E-state index contributed by atoms with van der Waals surface area (Å²) in [6, 6.07) is 11.5. The van der Waals surface area contributed by atoms with Crippen molar-refractivity contribution >= 4 is 17.4 Å². The van der Waals surface area contributed by atoms with Gasteiger partial charge in [0.1, 0.15) is 16.8 Å². The summed E-state index contributed by atoms with van der Waals surface area (Å²) < 4.78 is 12.8. The fourth-order valence-corrected chi connectivity index (χ4v) is 1.89. The number of nitrogens with zero attached hydrogens (tertiary/aromatic N) is 3. The van der Waals surface area contributed by atoms with E-state index in [-0.39, 0.29) is 11.0 Å². The van der Waals surface area contributed by atoms with E-state index in [0.717, 1.165) is 5.56 Å². The van der Waals surface area contributed by atoms with Gasteiger partial charge in [0, 0.05) is 13.6 Å².